The van der Waals surface area contributed by atoms with Crippen LogP contribution in [-0.2, 0) is 17.6 Å². The van der Waals surface area contributed by atoms with E-state index < -0.39 is 41.4 Å². The number of hydrogen-bond donors (Lipinski definition) is 4. The Morgan fingerprint density at radius 3 is 1.59 bits per heavy atom. The molecule has 6 rings (SSSR count). The second kappa shape index (κ2) is 18.0. The lowest BCUT2D eigenvalue weighted by atomic mass is 10.0. The van der Waals surface area contributed by atoms with Crippen LogP contribution >= 0.6 is 23.2 Å². The van der Waals surface area contributed by atoms with Gasteiger partial charge in [0.25, 0.3) is 11.8 Å². The molecule has 4 aromatic rings. The number of amides is 3. The van der Waals surface area contributed by atoms with Crippen LogP contribution in [0.4, 0.5) is 33.7 Å². The smallest absolute Gasteiger partial charge is 0.407 e. The van der Waals surface area contributed by atoms with E-state index in [0.717, 1.165) is 6.07 Å². The van der Waals surface area contributed by atoms with E-state index in [0.29, 0.717) is 59.3 Å². The van der Waals surface area contributed by atoms with Gasteiger partial charge in [0, 0.05) is 39.7 Å². The maximum absolute atomic E-state index is 14.3. The standard InChI is InChI=1S/C18H15ClF2N2O3.C16H13ClF2N2O.3CH4/c1-26-18(25)23-15-7-4-10-11(3-6-14(21)16(10)15)17(24)22-9-2-5-13(20)12(19)8-9;17-11-7-8(1-4-12(11)18)21-16(22)10-2-5-13(19)15-9(10)3-6-14(15)20;;;/h2-3,5-6,8,15H,4,7H2,1H3,(H,22,24)(H,23,25);1-2,4-5,7,14H,3,6,20H2,(H,21,22);3*1H4/t15-;14-;;;/m00.../s1. The Labute approximate surface area is 304 Å². The summed E-state index contributed by atoms with van der Waals surface area (Å²) >= 11 is 11.4. The Morgan fingerprint density at radius 1 is 0.686 bits per heavy atom. The average molecular weight is 752 g/mol. The summed E-state index contributed by atoms with van der Waals surface area (Å²) in [5.41, 5.74) is 9.08. The number of fused-ring (bicyclic) bond motifs is 2. The fourth-order valence-electron chi connectivity index (χ4n) is 5.78. The Balaban J connectivity index is 0.000000338. The third-order valence-corrected chi connectivity index (χ3v) is 8.62. The number of anilines is 2. The molecular formula is C37H40Cl2F4N4O4. The number of rotatable bonds is 5. The highest BCUT2D eigenvalue weighted by molar-refractivity contribution is 6.31. The SMILES string of the molecule is C.C.C.COC(=O)N[C@H]1CCc2c(C(=O)Nc3ccc(F)c(Cl)c3)ccc(F)c21.N[C@H]1CCc2c(C(=O)Nc3ccc(F)c(Cl)c3)ccc(F)c21. The van der Waals surface area contributed by atoms with E-state index in [9.17, 15) is 31.9 Å². The second-order valence-corrected chi connectivity index (χ2v) is 11.8. The number of alkyl carbamates (subject to hydrolysis) is 1. The van der Waals surface area contributed by atoms with Crippen LogP contribution in [0.3, 0.4) is 0 Å². The molecule has 14 heteroatoms. The first-order valence-corrected chi connectivity index (χ1v) is 15.4. The minimum Gasteiger partial charge on any atom is -0.453 e. The fraction of sp³-hybridized carbons (Fsp3) is 0.270. The largest absolute Gasteiger partial charge is 0.453 e. The summed E-state index contributed by atoms with van der Waals surface area (Å²) < 4.78 is 59.0. The first-order chi connectivity index (χ1) is 22.9. The highest BCUT2D eigenvalue weighted by Gasteiger charge is 2.31. The normalized spacial score (nSPS) is 14.9. The quantitative estimate of drug-likeness (QED) is 0.151. The van der Waals surface area contributed by atoms with Gasteiger partial charge in [-0.3, -0.25) is 9.59 Å². The maximum atomic E-state index is 14.3. The number of carbonyl (C=O) groups excluding carboxylic acids is 3. The molecule has 3 amide bonds. The number of carbonyl (C=O) groups is 3. The van der Waals surface area contributed by atoms with Crippen LogP contribution in [0.25, 0.3) is 0 Å². The fourth-order valence-corrected chi connectivity index (χ4v) is 6.14. The monoisotopic (exact) mass is 750 g/mol. The first-order valence-electron chi connectivity index (χ1n) is 14.6. The van der Waals surface area contributed by atoms with Gasteiger partial charge in [-0.15, -0.1) is 0 Å². The molecule has 0 saturated carbocycles. The van der Waals surface area contributed by atoms with E-state index in [4.69, 9.17) is 28.9 Å². The molecule has 5 N–H and O–H groups in total. The third kappa shape index (κ3) is 9.37. The van der Waals surface area contributed by atoms with Crippen LogP contribution < -0.4 is 21.7 Å². The highest BCUT2D eigenvalue weighted by atomic mass is 35.5. The summed E-state index contributed by atoms with van der Waals surface area (Å²) in [6.45, 7) is 0. The summed E-state index contributed by atoms with van der Waals surface area (Å²) in [6, 6.07) is 12.0. The van der Waals surface area contributed by atoms with Crippen molar-refractivity contribution in [2.24, 2.45) is 5.73 Å². The molecule has 2 aliphatic carbocycles. The van der Waals surface area contributed by atoms with E-state index in [-0.39, 0.29) is 55.3 Å². The molecule has 0 spiro atoms. The predicted molar refractivity (Wildman–Crippen MR) is 194 cm³/mol. The Hall–Kier alpha value is -4.65. The summed E-state index contributed by atoms with van der Waals surface area (Å²) in [7, 11) is 1.22. The van der Waals surface area contributed by atoms with Gasteiger partial charge in [0.15, 0.2) is 0 Å². The van der Waals surface area contributed by atoms with E-state index in [1.165, 1.54) is 61.7 Å². The Bertz CT molecular complexity index is 1930. The van der Waals surface area contributed by atoms with Crippen molar-refractivity contribution in [1.82, 2.24) is 5.32 Å². The van der Waals surface area contributed by atoms with Crippen molar-refractivity contribution in [1.29, 1.82) is 0 Å². The molecule has 0 aromatic heterocycles. The Kier molecular flexibility index (Phi) is 15.0. The van der Waals surface area contributed by atoms with Crippen molar-refractivity contribution in [3.63, 3.8) is 0 Å². The molecule has 0 bridgehead atoms. The molecule has 0 fully saturated rings. The van der Waals surface area contributed by atoms with E-state index in [1.807, 2.05) is 0 Å². The van der Waals surface area contributed by atoms with E-state index >= 15 is 0 Å². The van der Waals surface area contributed by atoms with Gasteiger partial charge in [0.1, 0.15) is 23.3 Å². The zero-order chi connectivity index (χ0) is 34.7. The van der Waals surface area contributed by atoms with Crippen LogP contribution in [0.5, 0.6) is 0 Å². The molecule has 0 saturated heterocycles. The van der Waals surface area contributed by atoms with Crippen molar-refractivity contribution in [3.05, 3.63) is 127 Å². The molecule has 0 unspecified atom stereocenters. The third-order valence-electron chi connectivity index (χ3n) is 8.04. The number of benzene rings is 4. The van der Waals surface area contributed by atoms with Gasteiger partial charge in [-0.25, -0.2) is 22.4 Å². The molecule has 51 heavy (non-hydrogen) atoms. The van der Waals surface area contributed by atoms with Gasteiger partial charge >= 0.3 is 6.09 Å². The van der Waals surface area contributed by atoms with E-state index in [1.54, 1.807) is 0 Å². The lowest BCUT2D eigenvalue weighted by Crippen LogP contribution is -2.27. The Morgan fingerprint density at radius 2 is 1.12 bits per heavy atom. The number of ether oxygens (including phenoxy) is 1. The summed E-state index contributed by atoms with van der Waals surface area (Å²) in [4.78, 5) is 36.4. The van der Waals surface area contributed by atoms with Gasteiger partial charge in [0.05, 0.1) is 23.2 Å². The van der Waals surface area contributed by atoms with E-state index in [2.05, 4.69) is 20.7 Å². The van der Waals surface area contributed by atoms with Crippen LogP contribution in [0, 0.1) is 23.3 Å². The molecule has 2 atom stereocenters. The first kappa shape index (κ1) is 42.5. The van der Waals surface area contributed by atoms with Crippen molar-refractivity contribution in [3.8, 4) is 0 Å². The van der Waals surface area contributed by atoms with Crippen molar-refractivity contribution >= 4 is 52.5 Å². The number of nitrogens with one attached hydrogen (secondary N) is 3. The maximum Gasteiger partial charge on any atom is 0.407 e. The van der Waals surface area contributed by atoms with Gasteiger partial charge < -0.3 is 26.4 Å². The van der Waals surface area contributed by atoms with Gasteiger partial charge in [-0.2, -0.15) is 0 Å². The minimum absolute atomic E-state index is 0. The second-order valence-electron chi connectivity index (χ2n) is 11.0. The summed E-state index contributed by atoms with van der Waals surface area (Å²) in [6.07, 6.45) is 1.38. The van der Waals surface area contributed by atoms with Crippen molar-refractivity contribution in [2.45, 2.75) is 60.0 Å². The highest BCUT2D eigenvalue weighted by Crippen LogP contribution is 2.36. The predicted octanol–water partition coefficient (Wildman–Crippen LogP) is 9.94. The lowest BCUT2D eigenvalue weighted by molar-refractivity contribution is 0.101. The minimum atomic E-state index is -0.668. The van der Waals surface area contributed by atoms with Crippen molar-refractivity contribution in [2.75, 3.05) is 17.7 Å². The van der Waals surface area contributed by atoms with Crippen LogP contribution in [0.1, 0.15) is 90.2 Å². The number of hydrogen-bond acceptors (Lipinski definition) is 5. The molecule has 2 aliphatic rings. The number of methoxy groups -OCH3 is 1. The molecule has 274 valence electrons. The number of nitrogens with two attached hydrogens (primary N) is 1. The molecule has 0 radical (unpaired) electrons. The van der Waals surface area contributed by atoms with Crippen LogP contribution in [-0.4, -0.2) is 25.0 Å². The molecule has 0 heterocycles. The molecule has 0 aliphatic heterocycles. The lowest BCUT2D eigenvalue weighted by Gasteiger charge is -2.15. The molecule has 4 aromatic carbocycles. The van der Waals surface area contributed by atoms with Crippen LogP contribution in [0.15, 0.2) is 60.7 Å². The molecular weight excluding hydrogens is 711 g/mol. The van der Waals surface area contributed by atoms with Crippen LogP contribution in [0.2, 0.25) is 10.0 Å². The zero-order valence-electron chi connectivity index (χ0n) is 25.2. The van der Waals surface area contributed by atoms with Gasteiger partial charge in [0.2, 0.25) is 0 Å². The van der Waals surface area contributed by atoms with Gasteiger partial charge in [-0.05, 0) is 97.5 Å². The number of halogens is 6. The zero-order valence-corrected chi connectivity index (χ0v) is 26.7. The molecule has 8 nitrogen and oxygen atoms in total. The van der Waals surface area contributed by atoms with Gasteiger partial charge in [-0.1, -0.05) is 45.5 Å². The average Bonchev–Trinajstić information content (AvgIpc) is 3.66. The topological polar surface area (TPSA) is 123 Å². The van der Waals surface area contributed by atoms with Crippen molar-refractivity contribution < 1.29 is 36.7 Å². The summed E-state index contributed by atoms with van der Waals surface area (Å²) in [5, 5.41) is 7.62. The summed E-state index contributed by atoms with van der Waals surface area (Å²) in [5.74, 6) is -2.91.